The van der Waals surface area contributed by atoms with E-state index in [1.165, 1.54) is 11.3 Å². The van der Waals surface area contributed by atoms with Crippen molar-refractivity contribution in [3.05, 3.63) is 58.3 Å². The van der Waals surface area contributed by atoms with Crippen LogP contribution < -0.4 is 11.1 Å². The predicted octanol–water partition coefficient (Wildman–Crippen LogP) is 2.03. The standard InChI is InChI=1S/C17H18N2O4S/c18-16(21)15(12-6-2-1-3-7-12)23-14(20)9-4-10-19-17(22)13-8-5-11-24-13/h1-3,5-8,11,15H,4,9-10H2,(H2,18,21)(H,19,22). The van der Waals surface area contributed by atoms with Crippen LogP contribution >= 0.6 is 11.3 Å². The molecule has 1 atom stereocenters. The molecular formula is C17H18N2O4S. The van der Waals surface area contributed by atoms with Crippen molar-refractivity contribution < 1.29 is 19.1 Å². The number of nitrogens with one attached hydrogen (secondary N) is 1. The van der Waals surface area contributed by atoms with Gasteiger partial charge < -0.3 is 15.8 Å². The van der Waals surface area contributed by atoms with Gasteiger partial charge in [0.15, 0.2) is 0 Å². The van der Waals surface area contributed by atoms with Crippen molar-refractivity contribution in [2.24, 2.45) is 5.73 Å². The molecule has 126 valence electrons. The lowest BCUT2D eigenvalue weighted by Crippen LogP contribution is -2.27. The molecular weight excluding hydrogens is 328 g/mol. The lowest BCUT2D eigenvalue weighted by Gasteiger charge is -2.15. The Balaban J connectivity index is 1.75. The highest BCUT2D eigenvalue weighted by Gasteiger charge is 2.22. The molecule has 0 aliphatic heterocycles. The minimum absolute atomic E-state index is 0.0847. The van der Waals surface area contributed by atoms with Crippen molar-refractivity contribution in [1.82, 2.24) is 5.32 Å². The van der Waals surface area contributed by atoms with Crippen LogP contribution in [0.3, 0.4) is 0 Å². The molecule has 0 aliphatic rings. The van der Waals surface area contributed by atoms with Gasteiger partial charge in [-0.2, -0.15) is 0 Å². The molecule has 0 bridgehead atoms. The molecule has 24 heavy (non-hydrogen) atoms. The van der Waals surface area contributed by atoms with Gasteiger partial charge in [-0.1, -0.05) is 36.4 Å². The number of hydrogen-bond acceptors (Lipinski definition) is 5. The number of rotatable bonds is 8. The van der Waals surface area contributed by atoms with Crippen LogP contribution in [0.25, 0.3) is 0 Å². The van der Waals surface area contributed by atoms with Gasteiger partial charge in [-0.25, -0.2) is 0 Å². The van der Waals surface area contributed by atoms with Crippen molar-refractivity contribution in [1.29, 1.82) is 0 Å². The van der Waals surface area contributed by atoms with Gasteiger partial charge in [0.2, 0.25) is 6.10 Å². The van der Waals surface area contributed by atoms with Crippen molar-refractivity contribution in [2.75, 3.05) is 6.54 Å². The number of carbonyl (C=O) groups is 3. The van der Waals surface area contributed by atoms with Crippen molar-refractivity contribution in [3.63, 3.8) is 0 Å². The highest BCUT2D eigenvalue weighted by molar-refractivity contribution is 7.12. The van der Waals surface area contributed by atoms with Gasteiger partial charge >= 0.3 is 5.97 Å². The molecule has 1 aromatic heterocycles. The number of amides is 2. The quantitative estimate of drug-likeness (QED) is 0.564. The number of hydrogen-bond donors (Lipinski definition) is 2. The van der Waals surface area contributed by atoms with Crippen molar-refractivity contribution in [2.45, 2.75) is 18.9 Å². The summed E-state index contributed by atoms with van der Waals surface area (Å²) in [6, 6.07) is 12.1. The molecule has 6 nitrogen and oxygen atoms in total. The number of thiophene rings is 1. The zero-order valence-corrected chi connectivity index (χ0v) is 13.8. The van der Waals surface area contributed by atoms with Gasteiger partial charge in [0.05, 0.1) is 4.88 Å². The summed E-state index contributed by atoms with van der Waals surface area (Å²) in [6.07, 6.45) is -0.600. The summed E-state index contributed by atoms with van der Waals surface area (Å²) in [6.45, 7) is 0.346. The van der Waals surface area contributed by atoms with Crippen molar-refractivity contribution in [3.8, 4) is 0 Å². The molecule has 0 spiro atoms. The molecule has 1 aromatic carbocycles. The third kappa shape index (κ3) is 5.20. The second-order valence-corrected chi connectivity index (χ2v) is 5.97. The maximum Gasteiger partial charge on any atom is 0.306 e. The first-order chi connectivity index (χ1) is 11.6. The molecule has 0 fully saturated rings. The van der Waals surface area contributed by atoms with Crippen LogP contribution in [0.5, 0.6) is 0 Å². The van der Waals surface area contributed by atoms with E-state index >= 15 is 0 Å². The maximum atomic E-state index is 11.9. The Morgan fingerprint density at radius 1 is 1.12 bits per heavy atom. The van der Waals surface area contributed by atoms with E-state index in [0.29, 0.717) is 23.4 Å². The molecule has 0 radical (unpaired) electrons. The van der Waals surface area contributed by atoms with Crippen LogP contribution in [0.1, 0.15) is 34.2 Å². The summed E-state index contributed by atoms with van der Waals surface area (Å²) >= 11 is 1.35. The first-order valence-electron chi connectivity index (χ1n) is 7.43. The second kappa shape index (κ2) is 8.83. The van der Waals surface area contributed by atoms with Crippen LogP contribution in [-0.2, 0) is 14.3 Å². The molecule has 1 unspecified atom stereocenters. The van der Waals surface area contributed by atoms with E-state index in [9.17, 15) is 14.4 Å². The highest BCUT2D eigenvalue weighted by Crippen LogP contribution is 2.17. The average molecular weight is 346 g/mol. The average Bonchev–Trinajstić information content (AvgIpc) is 3.11. The van der Waals surface area contributed by atoms with Crippen LogP contribution in [0, 0.1) is 0 Å². The SMILES string of the molecule is NC(=O)C(OC(=O)CCCNC(=O)c1cccs1)c1ccccc1. The number of carbonyl (C=O) groups excluding carboxylic acids is 3. The van der Waals surface area contributed by atoms with E-state index in [0.717, 1.165) is 0 Å². The van der Waals surface area contributed by atoms with Gasteiger partial charge in [0.1, 0.15) is 0 Å². The Kier molecular flexibility index (Phi) is 6.51. The molecule has 2 amide bonds. The molecule has 2 aromatic rings. The molecule has 1 heterocycles. The lowest BCUT2D eigenvalue weighted by molar-refractivity contribution is -0.155. The molecule has 0 saturated heterocycles. The van der Waals surface area contributed by atoms with E-state index in [4.69, 9.17) is 10.5 Å². The summed E-state index contributed by atoms with van der Waals surface area (Å²) in [7, 11) is 0. The fourth-order valence-electron chi connectivity index (χ4n) is 2.04. The zero-order chi connectivity index (χ0) is 17.4. The fourth-order valence-corrected chi connectivity index (χ4v) is 2.68. The Morgan fingerprint density at radius 3 is 2.50 bits per heavy atom. The Morgan fingerprint density at radius 2 is 1.88 bits per heavy atom. The van der Waals surface area contributed by atoms with E-state index in [1.54, 1.807) is 42.5 Å². The van der Waals surface area contributed by atoms with E-state index in [2.05, 4.69) is 5.32 Å². The minimum atomic E-state index is -1.10. The molecule has 7 heteroatoms. The summed E-state index contributed by atoms with van der Waals surface area (Å²) < 4.78 is 5.15. The normalized spacial score (nSPS) is 11.5. The molecule has 0 saturated carbocycles. The summed E-state index contributed by atoms with van der Waals surface area (Å²) in [5.41, 5.74) is 5.83. The van der Waals surface area contributed by atoms with Gasteiger partial charge in [-0.05, 0) is 17.9 Å². The van der Waals surface area contributed by atoms with E-state index in [1.807, 2.05) is 5.38 Å². The zero-order valence-electron chi connectivity index (χ0n) is 12.9. The predicted molar refractivity (Wildman–Crippen MR) is 90.4 cm³/mol. The summed E-state index contributed by atoms with van der Waals surface area (Å²) in [5.74, 6) is -1.42. The van der Waals surface area contributed by atoms with Crippen LogP contribution in [0.15, 0.2) is 47.8 Å². The second-order valence-electron chi connectivity index (χ2n) is 5.02. The molecule has 3 N–H and O–H groups in total. The maximum absolute atomic E-state index is 11.9. The first-order valence-corrected chi connectivity index (χ1v) is 8.31. The summed E-state index contributed by atoms with van der Waals surface area (Å²) in [4.78, 5) is 35.7. The van der Waals surface area contributed by atoms with E-state index < -0.39 is 18.0 Å². The smallest absolute Gasteiger partial charge is 0.306 e. The third-order valence-corrected chi connectivity index (χ3v) is 4.07. The lowest BCUT2D eigenvalue weighted by atomic mass is 10.1. The Hall–Kier alpha value is -2.67. The molecule has 0 aliphatic carbocycles. The van der Waals surface area contributed by atoms with Crippen LogP contribution in [-0.4, -0.2) is 24.3 Å². The fraction of sp³-hybridized carbons (Fsp3) is 0.235. The minimum Gasteiger partial charge on any atom is -0.447 e. The monoisotopic (exact) mass is 346 g/mol. The van der Waals surface area contributed by atoms with E-state index in [-0.39, 0.29) is 12.3 Å². The van der Waals surface area contributed by atoms with Gasteiger partial charge in [-0.15, -0.1) is 11.3 Å². The third-order valence-electron chi connectivity index (χ3n) is 3.20. The van der Waals surface area contributed by atoms with Gasteiger partial charge in [-0.3, -0.25) is 14.4 Å². The van der Waals surface area contributed by atoms with Gasteiger partial charge in [0, 0.05) is 18.5 Å². The summed E-state index contributed by atoms with van der Waals surface area (Å²) in [5, 5.41) is 4.54. The number of nitrogens with two attached hydrogens (primary N) is 1. The van der Waals surface area contributed by atoms with Gasteiger partial charge in [0.25, 0.3) is 11.8 Å². The Bertz CT molecular complexity index is 686. The number of ether oxygens (including phenoxy) is 1. The largest absolute Gasteiger partial charge is 0.447 e. The van der Waals surface area contributed by atoms with Crippen LogP contribution in [0.4, 0.5) is 0 Å². The van der Waals surface area contributed by atoms with Crippen molar-refractivity contribution >= 4 is 29.1 Å². The number of esters is 1. The number of benzene rings is 1. The Labute approximate surface area is 143 Å². The molecule has 2 rings (SSSR count). The topological polar surface area (TPSA) is 98.5 Å². The van der Waals surface area contributed by atoms with Crippen LogP contribution in [0.2, 0.25) is 0 Å². The highest BCUT2D eigenvalue weighted by atomic mass is 32.1. The first kappa shape index (κ1) is 17.7. The number of primary amides is 1.